The first kappa shape index (κ1) is 7.77. The number of rotatable bonds is 1. The fourth-order valence-electron chi connectivity index (χ4n) is 2.48. The van der Waals surface area contributed by atoms with Crippen molar-refractivity contribution in [3.05, 3.63) is 0 Å². The Morgan fingerprint density at radius 3 is 2.67 bits per heavy atom. The lowest BCUT2D eigenvalue weighted by molar-refractivity contribution is -0.148. The number of carbonyl (C=O) groups is 2. The Balaban J connectivity index is 2.13. The van der Waals surface area contributed by atoms with Crippen molar-refractivity contribution >= 4 is 11.8 Å². The average molecular weight is 168 g/mol. The first-order valence-corrected chi connectivity index (χ1v) is 4.35. The van der Waals surface area contributed by atoms with Crippen molar-refractivity contribution in [3.63, 3.8) is 0 Å². The molecule has 0 heterocycles. The van der Waals surface area contributed by atoms with Gasteiger partial charge in [0.15, 0.2) is 0 Å². The zero-order chi connectivity index (χ0) is 8.72. The summed E-state index contributed by atoms with van der Waals surface area (Å²) in [5.41, 5.74) is 0. The van der Waals surface area contributed by atoms with E-state index in [0.717, 1.165) is 19.3 Å². The van der Waals surface area contributed by atoms with Gasteiger partial charge in [-0.05, 0) is 19.3 Å². The molecule has 12 heavy (non-hydrogen) atoms. The van der Waals surface area contributed by atoms with Crippen LogP contribution in [0.5, 0.6) is 0 Å². The molecule has 2 aliphatic carbocycles. The third-order valence-electron chi connectivity index (χ3n) is 3.12. The van der Waals surface area contributed by atoms with Crippen molar-refractivity contribution in [1.29, 1.82) is 0 Å². The summed E-state index contributed by atoms with van der Waals surface area (Å²) in [6.07, 6.45) is 2.61. The van der Waals surface area contributed by atoms with Crippen LogP contribution in [-0.2, 0) is 14.3 Å². The fraction of sp³-hybridized carbons (Fsp3) is 0.778. The maximum absolute atomic E-state index is 11.4. The molecule has 3 nitrogen and oxygen atoms in total. The van der Waals surface area contributed by atoms with Crippen LogP contribution < -0.4 is 0 Å². The van der Waals surface area contributed by atoms with Gasteiger partial charge < -0.3 is 4.74 Å². The molecule has 3 heteroatoms. The van der Waals surface area contributed by atoms with Gasteiger partial charge in [-0.1, -0.05) is 0 Å². The highest BCUT2D eigenvalue weighted by molar-refractivity contribution is 5.93. The quantitative estimate of drug-likeness (QED) is 0.543. The minimum Gasteiger partial charge on any atom is -0.469 e. The zero-order valence-electron chi connectivity index (χ0n) is 7.08. The summed E-state index contributed by atoms with van der Waals surface area (Å²) < 4.78 is 4.64. The Morgan fingerprint density at radius 2 is 2.25 bits per heavy atom. The summed E-state index contributed by atoms with van der Waals surface area (Å²) in [5.74, 6) is 0.128. The molecule has 66 valence electrons. The van der Waals surface area contributed by atoms with Gasteiger partial charge in [-0.3, -0.25) is 9.59 Å². The predicted molar refractivity (Wildman–Crippen MR) is 41.3 cm³/mol. The smallest absolute Gasteiger partial charge is 0.309 e. The first-order valence-electron chi connectivity index (χ1n) is 4.35. The van der Waals surface area contributed by atoms with E-state index >= 15 is 0 Å². The van der Waals surface area contributed by atoms with Gasteiger partial charge >= 0.3 is 5.97 Å². The number of hydrogen-bond acceptors (Lipinski definition) is 3. The fourth-order valence-corrected chi connectivity index (χ4v) is 2.48. The van der Waals surface area contributed by atoms with Crippen LogP contribution in [0.2, 0.25) is 0 Å². The maximum atomic E-state index is 11.4. The summed E-state index contributed by atoms with van der Waals surface area (Å²) in [4.78, 5) is 22.6. The van der Waals surface area contributed by atoms with Crippen LogP contribution in [0.4, 0.5) is 0 Å². The monoisotopic (exact) mass is 168 g/mol. The van der Waals surface area contributed by atoms with Gasteiger partial charge in [0.2, 0.25) is 0 Å². The summed E-state index contributed by atoms with van der Waals surface area (Å²) >= 11 is 0. The number of ketones is 1. The molecule has 0 spiro atoms. The summed E-state index contributed by atoms with van der Waals surface area (Å²) in [5, 5.41) is 0. The van der Waals surface area contributed by atoms with Crippen molar-refractivity contribution in [1.82, 2.24) is 0 Å². The van der Waals surface area contributed by atoms with E-state index in [2.05, 4.69) is 4.74 Å². The zero-order valence-corrected chi connectivity index (χ0v) is 7.08. The molecule has 0 aromatic heterocycles. The number of Topliss-reactive ketones (excluding diaryl/α,β-unsaturated/α-hetero) is 1. The van der Waals surface area contributed by atoms with Gasteiger partial charge in [-0.25, -0.2) is 0 Å². The van der Waals surface area contributed by atoms with E-state index in [1.807, 2.05) is 0 Å². The van der Waals surface area contributed by atoms with E-state index in [-0.39, 0.29) is 23.7 Å². The SMILES string of the molecule is COC(=O)[C@H]1C[C@H]2CC[C@@H]1C2=O. The molecular formula is C9H12O3. The molecule has 0 amide bonds. The van der Waals surface area contributed by atoms with Gasteiger partial charge in [0.05, 0.1) is 13.0 Å². The second kappa shape index (κ2) is 2.57. The minimum atomic E-state index is -0.199. The number of methoxy groups -OCH3 is 1. The Hall–Kier alpha value is -0.860. The molecule has 2 aliphatic rings. The van der Waals surface area contributed by atoms with Gasteiger partial charge in [-0.15, -0.1) is 0 Å². The standard InChI is InChI=1S/C9H12O3/c1-12-9(11)7-4-5-2-3-6(7)8(5)10/h5-7H,2-4H2,1H3/t5-,6+,7+/m1/s1. The molecule has 0 aromatic carbocycles. The second-order valence-electron chi connectivity index (χ2n) is 3.65. The molecular weight excluding hydrogens is 156 g/mol. The Kier molecular flexibility index (Phi) is 1.67. The number of ether oxygens (including phenoxy) is 1. The lowest BCUT2D eigenvalue weighted by atomic mass is 9.89. The highest BCUT2D eigenvalue weighted by atomic mass is 16.5. The Labute approximate surface area is 71.1 Å². The summed E-state index contributed by atoms with van der Waals surface area (Å²) in [6.45, 7) is 0. The van der Waals surface area contributed by atoms with Gasteiger partial charge in [0.1, 0.15) is 5.78 Å². The van der Waals surface area contributed by atoms with E-state index in [9.17, 15) is 9.59 Å². The molecule has 0 N–H and O–H groups in total. The second-order valence-corrected chi connectivity index (χ2v) is 3.65. The van der Waals surface area contributed by atoms with Crippen molar-refractivity contribution < 1.29 is 14.3 Å². The predicted octanol–water partition coefficient (Wildman–Crippen LogP) is 0.775. The normalized spacial score (nSPS) is 38.8. The van der Waals surface area contributed by atoms with E-state index in [1.165, 1.54) is 7.11 Å². The van der Waals surface area contributed by atoms with Crippen LogP contribution in [0.3, 0.4) is 0 Å². The van der Waals surface area contributed by atoms with Gasteiger partial charge in [-0.2, -0.15) is 0 Å². The molecule has 0 radical (unpaired) electrons. The maximum Gasteiger partial charge on any atom is 0.309 e. The summed E-state index contributed by atoms with van der Waals surface area (Å²) in [7, 11) is 1.39. The van der Waals surface area contributed by atoms with Crippen LogP contribution in [0.15, 0.2) is 0 Å². The number of hydrogen-bond donors (Lipinski definition) is 0. The number of esters is 1. The van der Waals surface area contributed by atoms with Crippen LogP contribution >= 0.6 is 0 Å². The molecule has 2 rings (SSSR count). The van der Waals surface area contributed by atoms with Crippen LogP contribution in [0.1, 0.15) is 19.3 Å². The molecule has 2 bridgehead atoms. The van der Waals surface area contributed by atoms with Crippen molar-refractivity contribution in [2.24, 2.45) is 17.8 Å². The third kappa shape index (κ3) is 0.886. The molecule has 0 aromatic rings. The molecule has 0 unspecified atom stereocenters. The molecule has 2 fully saturated rings. The van der Waals surface area contributed by atoms with E-state index in [4.69, 9.17) is 0 Å². The lowest BCUT2D eigenvalue weighted by Gasteiger charge is -2.16. The summed E-state index contributed by atoms with van der Waals surface area (Å²) in [6, 6.07) is 0. The van der Waals surface area contributed by atoms with Crippen LogP contribution in [0.25, 0.3) is 0 Å². The lowest BCUT2D eigenvalue weighted by Crippen LogP contribution is -2.23. The van der Waals surface area contributed by atoms with Crippen LogP contribution in [0, 0.1) is 17.8 Å². The molecule has 0 saturated heterocycles. The van der Waals surface area contributed by atoms with E-state index < -0.39 is 0 Å². The molecule has 0 aliphatic heterocycles. The minimum absolute atomic E-state index is 0.0116. The Morgan fingerprint density at radius 1 is 1.50 bits per heavy atom. The largest absolute Gasteiger partial charge is 0.469 e. The number of carbonyl (C=O) groups excluding carboxylic acids is 2. The van der Waals surface area contributed by atoms with Crippen molar-refractivity contribution in [2.75, 3.05) is 7.11 Å². The number of fused-ring (bicyclic) bond motifs is 2. The van der Waals surface area contributed by atoms with Gasteiger partial charge in [0.25, 0.3) is 0 Å². The highest BCUT2D eigenvalue weighted by Crippen LogP contribution is 2.45. The molecule has 3 atom stereocenters. The van der Waals surface area contributed by atoms with E-state index in [1.54, 1.807) is 0 Å². The Bertz CT molecular complexity index is 234. The molecule has 2 saturated carbocycles. The first-order chi connectivity index (χ1) is 5.74. The van der Waals surface area contributed by atoms with Crippen LogP contribution in [-0.4, -0.2) is 18.9 Å². The van der Waals surface area contributed by atoms with E-state index in [0.29, 0.717) is 5.78 Å². The van der Waals surface area contributed by atoms with Crippen molar-refractivity contribution in [3.8, 4) is 0 Å². The van der Waals surface area contributed by atoms with Crippen molar-refractivity contribution in [2.45, 2.75) is 19.3 Å². The topological polar surface area (TPSA) is 43.4 Å². The van der Waals surface area contributed by atoms with Gasteiger partial charge in [0, 0.05) is 11.8 Å². The third-order valence-corrected chi connectivity index (χ3v) is 3.12. The highest BCUT2D eigenvalue weighted by Gasteiger charge is 2.50. The average Bonchev–Trinajstić information content (AvgIpc) is 2.60.